The molecule has 1 unspecified atom stereocenters. The van der Waals surface area contributed by atoms with Crippen molar-refractivity contribution in [1.82, 2.24) is 9.97 Å². The molecule has 1 fully saturated rings. The van der Waals surface area contributed by atoms with Crippen LogP contribution in [-0.2, 0) is 10.2 Å². The predicted octanol–water partition coefficient (Wildman–Crippen LogP) is 1.28. The molecule has 0 saturated heterocycles. The number of nitriles is 1. The molecule has 1 heterocycles. The number of carbonyl (C=O) groups excluding carboxylic acids is 1. The molecule has 1 aromatic heterocycles. The number of nitrogens with two attached hydrogens (primary N) is 1. The molecule has 0 spiro atoms. The van der Waals surface area contributed by atoms with Gasteiger partial charge < -0.3 is 5.73 Å². The lowest BCUT2D eigenvalue weighted by Crippen LogP contribution is -2.44. The smallest absolute Gasteiger partial charge is 0.229 e. The number of carbonyl (C=O) groups is 1. The maximum absolute atomic E-state index is 11.9. The van der Waals surface area contributed by atoms with Crippen molar-refractivity contribution in [2.45, 2.75) is 38.0 Å². The van der Waals surface area contributed by atoms with Crippen LogP contribution in [0.2, 0.25) is 0 Å². The summed E-state index contributed by atoms with van der Waals surface area (Å²) in [6.45, 7) is 1.83. The fourth-order valence-electron chi connectivity index (χ4n) is 2.69. The van der Waals surface area contributed by atoms with Crippen molar-refractivity contribution < 1.29 is 4.79 Å². The van der Waals surface area contributed by atoms with Crippen LogP contribution in [0.25, 0.3) is 0 Å². The minimum atomic E-state index is -0.780. The van der Waals surface area contributed by atoms with Gasteiger partial charge in [-0.05, 0) is 25.7 Å². The van der Waals surface area contributed by atoms with Gasteiger partial charge in [-0.3, -0.25) is 9.78 Å². The molecule has 1 aliphatic carbocycles. The number of hydrogen-bond donors (Lipinski definition) is 1. The van der Waals surface area contributed by atoms with Crippen LogP contribution in [0.5, 0.6) is 0 Å². The average Bonchev–Trinajstić information content (AvgIpc) is 2.92. The second kappa shape index (κ2) is 4.73. The molecule has 2 rings (SSSR count). The molecule has 18 heavy (non-hydrogen) atoms. The summed E-state index contributed by atoms with van der Waals surface area (Å²) < 4.78 is 0. The van der Waals surface area contributed by atoms with Gasteiger partial charge in [0.15, 0.2) is 5.69 Å². The van der Waals surface area contributed by atoms with E-state index in [0.717, 1.165) is 25.7 Å². The first-order valence-electron chi connectivity index (χ1n) is 6.11. The molecule has 1 amide bonds. The van der Waals surface area contributed by atoms with Gasteiger partial charge in [-0.2, -0.15) is 5.26 Å². The molecule has 0 aliphatic heterocycles. The molecule has 0 radical (unpaired) electrons. The Bertz CT molecular complexity index is 485. The summed E-state index contributed by atoms with van der Waals surface area (Å²) in [6.07, 6.45) is 7.11. The molecule has 2 N–H and O–H groups in total. The van der Waals surface area contributed by atoms with E-state index in [-0.39, 0.29) is 17.5 Å². The van der Waals surface area contributed by atoms with Crippen molar-refractivity contribution in [1.29, 1.82) is 5.26 Å². The van der Waals surface area contributed by atoms with Crippen LogP contribution in [0.1, 0.15) is 44.0 Å². The Hall–Kier alpha value is -1.96. The summed E-state index contributed by atoms with van der Waals surface area (Å²) in [4.78, 5) is 20.0. The van der Waals surface area contributed by atoms with Gasteiger partial charge >= 0.3 is 0 Å². The molecule has 0 aromatic carbocycles. The van der Waals surface area contributed by atoms with Crippen LogP contribution in [-0.4, -0.2) is 15.9 Å². The van der Waals surface area contributed by atoms with Crippen molar-refractivity contribution in [2.75, 3.05) is 0 Å². The molecule has 94 valence electrons. The van der Waals surface area contributed by atoms with E-state index in [9.17, 15) is 4.79 Å². The summed E-state index contributed by atoms with van der Waals surface area (Å²) in [7, 11) is 0. The van der Waals surface area contributed by atoms with Crippen LogP contribution >= 0.6 is 0 Å². The molecular formula is C13H16N4O. The van der Waals surface area contributed by atoms with Crippen molar-refractivity contribution in [2.24, 2.45) is 11.7 Å². The van der Waals surface area contributed by atoms with Crippen LogP contribution in [0.15, 0.2) is 12.4 Å². The minimum Gasteiger partial charge on any atom is -0.369 e. The fourth-order valence-corrected chi connectivity index (χ4v) is 2.69. The summed E-state index contributed by atoms with van der Waals surface area (Å²) in [5.41, 5.74) is 5.62. The summed E-state index contributed by atoms with van der Waals surface area (Å²) >= 11 is 0. The fraction of sp³-hybridized carbons (Fsp3) is 0.538. The lowest BCUT2D eigenvalue weighted by atomic mass is 9.73. The van der Waals surface area contributed by atoms with Crippen LogP contribution in [0.4, 0.5) is 0 Å². The molecule has 5 nitrogen and oxygen atoms in total. The van der Waals surface area contributed by atoms with Gasteiger partial charge in [0.05, 0.1) is 23.5 Å². The van der Waals surface area contributed by atoms with Crippen molar-refractivity contribution in [3.8, 4) is 6.07 Å². The minimum absolute atomic E-state index is 0.220. The Morgan fingerprint density at radius 1 is 1.44 bits per heavy atom. The van der Waals surface area contributed by atoms with Gasteiger partial charge in [0.1, 0.15) is 6.07 Å². The molecular weight excluding hydrogens is 228 g/mol. The Balaban J connectivity index is 2.40. The van der Waals surface area contributed by atoms with E-state index in [1.807, 2.05) is 13.0 Å². The highest BCUT2D eigenvalue weighted by Gasteiger charge is 2.43. The summed E-state index contributed by atoms with van der Waals surface area (Å²) in [5.74, 6) is -0.148. The standard InChI is InChI=1S/C13H16N4O/c1-13(12(15)18,9-4-2-3-5-9)11-8-16-10(6-14)7-17-11/h7-9H,2-5H2,1H3,(H2,15,18). The monoisotopic (exact) mass is 244 g/mol. The van der Waals surface area contributed by atoms with Crippen molar-refractivity contribution in [3.05, 3.63) is 23.8 Å². The van der Waals surface area contributed by atoms with Crippen molar-refractivity contribution >= 4 is 5.91 Å². The van der Waals surface area contributed by atoms with E-state index in [4.69, 9.17) is 11.0 Å². The van der Waals surface area contributed by atoms with E-state index < -0.39 is 5.41 Å². The summed E-state index contributed by atoms with van der Waals surface area (Å²) in [6, 6.07) is 1.91. The number of hydrogen-bond acceptors (Lipinski definition) is 4. The number of amides is 1. The Labute approximate surface area is 106 Å². The lowest BCUT2D eigenvalue weighted by Gasteiger charge is -2.31. The van der Waals surface area contributed by atoms with Crippen LogP contribution in [0, 0.1) is 17.2 Å². The zero-order chi connectivity index (χ0) is 13.2. The lowest BCUT2D eigenvalue weighted by molar-refractivity contribution is -0.125. The number of primary amides is 1. The number of aromatic nitrogens is 2. The normalized spacial score (nSPS) is 19.1. The van der Waals surface area contributed by atoms with Crippen LogP contribution in [0.3, 0.4) is 0 Å². The quantitative estimate of drug-likeness (QED) is 0.866. The SMILES string of the molecule is CC(C(N)=O)(c1cnc(C#N)cn1)C1CCCC1. The first-order valence-corrected chi connectivity index (χ1v) is 6.11. The Morgan fingerprint density at radius 3 is 2.56 bits per heavy atom. The van der Waals surface area contributed by atoms with Crippen molar-refractivity contribution in [3.63, 3.8) is 0 Å². The van der Waals surface area contributed by atoms with Gasteiger partial charge in [-0.15, -0.1) is 0 Å². The van der Waals surface area contributed by atoms with E-state index in [2.05, 4.69) is 9.97 Å². The first-order chi connectivity index (χ1) is 8.59. The van der Waals surface area contributed by atoms with E-state index >= 15 is 0 Å². The first kappa shape index (κ1) is 12.5. The Kier molecular flexibility index (Phi) is 3.28. The average molecular weight is 244 g/mol. The zero-order valence-electron chi connectivity index (χ0n) is 10.4. The van der Waals surface area contributed by atoms with E-state index in [0.29, 0.717) is 5.69 Å². The highest BCUT2D eigenvalue weighted by molar-refractivity contribution is 5.86. The zero-order valence-corrected chi connectivity index (χ0v) is 10.4. The van der Waals surface area contributed by atoms with Gasteiger partial charge in [-0.25, -0.2) is 4.98 Å². The van der Waals surface area contributed by atoms with Gasteiger partial charge in [0.25, 0.3) is 0 Å². The number of nitrogens with zero attached hydrogens (tertiary/aromatic N) is 3. The van der Waals surface area contributed by atoms with E-state index in [1.54, 1.807) is 0 Å². The molecule has 1 atom stereocenters. The topological polar surface area (TPSA) is 92.7 Å². The van der Waals surface area contributed by atoms with Gasteiger partial charge in [-0.1, -0.05) is 12.8 Å². The largest absolute Gasteiger partial charge is 0.369 e. The maximum atomic E-state index is 11.9. The maximum Gasteiger partial charge on any atom is 0.229 e. The van der Waals surface area contributed by atoms with Gasteiger partial charge in [0, 0.05) is 0 Å². The third-order valence-electron chi connectivity index (χ3n) is 3.98. The third-order valence-corrected chi connectivity index (χ3v) is 3.98. The molecule has 1 aromatic rings. The van der Waals surface area contributed by atoms with Gasteiger partial charge in [0.2, 0.25) is 5.91 Å². The highest BCUT2D eigenvalue weighted by Crippen LogP contribution is 2.41. The number of rotatable bonds is 3. The summed E-state index contributed by atoms with van der Waals surface area (Å²) in [5, 5.41) is 8.71. The molecule has 5 heteroatoms. The second-order valence-corrected chi connectivity index (χ2v) is 4.95. The molecule has 1 saturated carbocycles. The third kappa shape index (κ3) is 1.94. The second-order valence-electron chi connectivity index (χ2n) is 4.95. The highest BCUT2D eigenvalue weighted by atomic mass is 16.1. The molecule has 0 bridgehead atoms. The molecule has 1 aliphatic rings. The van der Waals surface area contributed by atoms with Crippen LogP contribution < -0.4 is 5.73 Å². The Morgan fingerprint density at radius 2 is 2.11 bits per heavy atom. The van der Waals surface area contributed by atoms with E-state index in [1.165, 1.54) is 12.4 Å². The predicted molar refractivity (Wildman–Crippen MR) is 65.3 cm³/mol.